The first-order valence-corrected chi connectivity index (χ1v) is 10.5. The molecule has 0 saturated carbocycles. The molecule has 0 aliphatic rings. The van der Waals surface area contributed by atoms with Gasteiger partial charge in [-0.3, -0.25) is 0 Å². The molecule has 0 unspecified atom stereocenters. The lowest BCUT2D eigenvalue weighted by atomic mass is 9.99. The van der Waals surface area contributed by atoms with Crippen LogP contribution >= 0.6 is 0 Å². The molecule has 1 N–H and O–H groups in total. The summed E-state index contributed by atoms with van der Waals surface area (Å²) in [5.41, 5.74) is 5.31. The molecule has 0 spiro atoms. The second kappa shape index (κ2) is 7.38. The number of rotatable bonds is 5. The third-order valence-corrected chi connectivity index (χ3v) is 6.06. The predicted molar refractivity (Wildman–Crippen MR) is 124 cm³/mol. The van der Waals surface area contributed by atoms with E-state index in [2.05, 4.69) is 109 Å². The van der Waals surface area contributed by atoms with Gasteiger partial charge in [-0.25, -0.2) is 0 Å². The van der Waals surface area contributed by atoms with Crippen LogP contribution in [0.5, 0.6) is 0 Å². The van der Waals surface area contributed by atoms with E-state index >= 15 is 0 Å². The molecule has 4 aromatic carbocycles. The topological polar surface area (TPSA) is 17.0 Å². The van der Waals surface area contributed by atoms with E-state index in [1.807, 2.05) is 0 Å². The van der Waals surface area contributed by atoms with Crippen LogP contribution in [-0.2, 0) is 13.1 Å². The Morgan fingerprint density at radius 1 is 0.759 bits per heavy atom. The zero-order chi connectivity index (χ0) is 19.8. The van der Waals surface area contributed by atoms with Crippen LogP contribution < -0.4 is 5.32 Å². The number of benzene rings is 4. The number of nitrogens with zero attached hydrogens (tertiary/aromatic N) is 1. The largest absolute Gasteiger partial charge is 0.341 e. The van der Waals surface area contributed by atoms with Gasteiger partial charge in [0.15, 0.2) is 0 Å². The standard InChI is InChI=1S/C27H26N2/c1-3-29-26-14-7-6-12-24(26)25-17-20(15-16-27(25)29)18-28-19(2)22-13-8-10-21-9-4-5-11-23(21)22/h4-17,19,28H,3,18H2,1-2H3/t19-/m1/s1. The summed E-state index contributed by atoms with van der Waals surface area (Å²) in [7, 11) is 0. The fourth-order valence-corrected chi connectivity index (χ4v) is 4.56. The minimum absolute atomic E-state index is 0.286. The molecule has 5 aromatic rings. The van der Waals surface area contributed by atoms with Gasteiger partial charge in [-0.1, -0.05) is 66.7 Å². The van der Waals surface area contributed by atoms with Crippen molar-refractivity contribution in [2.75, 3.05) is 0 Å². The summed E-state index contributed by atoms with van der Waals surface area (Å²) >= 11 is 0. The summed E-state index contributed by atoms with van der Waals surface area (Å²) < 4.78 is 2.40. The van der Waals surface area contributed by atoms with E-state index in [9.17, 15) is 0 Å². The number of hydrogen-bond donors (Lipinski definition) is 1. The average Bonchev–Trinajstić information content (AvgIpc) is 3.10. The lowest BCUT2D eigenvalue weighted by Gasteiger charge is -2.17. The molecule has 1 aromatic heterocycles. The van der Waals surface area contributed by atoms with Crippen LogP contribution in [0.25, 0.3) is 32.6 Å². The van der Waals surface area contributed by atoms with E-state index in [1.165, 1.54) is 43.7 Å². The Morgan fingerprint density at radius 3 is 2.34 bits per heavy atom. The molecular formula is C27H26N2. The molecule has 1 heterocycles. The normalized spacial score (nSPS) is 12.8. The van der Waals surface area contributed by atoms with E-state index in [0.29, 0.717) is 0 Å². The zero-order valence-corrected chi connectivity index (χ0v) is 17.0. The number of aromatic nitrogens is 1. The number of nitrogens with one attached hydrogen (secondary N) is 1. The molecule has 0 aliphatic carbocycles. The van der Waals surface area contributed by atoms with Gasteiger partial charge >= 0.3 is 0 Å². The van der Waals surface area contributed by atoms with Crippen molar-refractivity contribution in [3.05, 3.63) is 96.1 Å². The van der Waals surface area contributed by atoms with Gasteiger partial charge in [0.1, 0.15) is 0 Å². The molecule has 144 valence electrons. The Morgan fingerprint density at radius 2 is 1.48 bits per heavy atom. The molecule has 2 nitrogen and oxygen atoms in total. The van der Waals surface area contributed by atoms with Crippen molar-refractivity contribution in [1.29, 1.82) is 0 Å². The van der Waals surface area contributed by atoms with Crippen molar-refractivity contribution in [2.45, 2.75) is 33.0 Å². The molecule has 1 atom stereocenters. The van der Waals surface area contributed by atoms with Crippen LogP contribution in [0, 0.1) is 0 Å². The van der Waals surface area contributed by atoms with Gasteiger partial charge in [0.05, 0.1) is 0 Å². The molecule has 29 heavy (non-hydrogen) atoms. The summed E-state index contributed by atoms with van der Waals surface area (Å²) in [5.74, 6) is 0. The van der Waals surface area contributed by atoms with Crippen LogP contribution in [0.1, 0.15) is 31.0 Å². The summed E-state index contributed by atoms with van der Waals surface area (Å²) in [4.78, 5) is 0. The fourth-order valence-electron chi connectivity index (χ4n) is 4.56. The molecule has 0 aliphatic heterocycles. The Bertz CT molecular complexity index is 1310. The molecule has 0 bridgehead atoms. The smallest absolute Gasteiger partial charge is 0.0491 e. The summed E-state index contributed by atoms with van der Waals surface area (Å²) in [6.45, 7) is 6.31. The summed E-state index contributed by atoms with van der Waals surface area (Å²) in [6, 6.07) is 31.1. The van der Waals surface area contributed by atoms with Gasteiger partial charge in [0.2, 0.25) is 0 Å². The molecule has 0 fully saturated rings. The van der Waals surface area contributed by atoms with Gasteiger partial charge < -0.3 is 9.88 Å². The van der Waals surface area contributed by atoms with E-state index in [0.717, 1.165) is 13.1 Å². The first kappa shape index (κ1) is 18.0. The lowest BCUT2D eigenvalue weighted by Crippen LogP contribution is -2.18. The second-order valence-electron chi connectivity index (χ2n) is 7.78. The first-order valence-electron chi connectivity index (χ1n) is 10.5. The van der Waals surface area contributed by atoms with Crippen molar-refractivity contribution >= 4 is 32.6 Å². The van der Waals surface area contributed by atoms with E-state index < -0.39 is 0 Å². The number of hydrogen-bond acceptors (Lipinski definition) is 1. The molecule has 0 radical (unpaired) electrons. The molecule has 0 amide bonds. The summed E-state index contributed by atoms with van der Waals surface area (Å²) in [5, 5.41) is 9.05. The Kier molecular flexibility index (Phi) is 4.57. The lowest BCUT2D eigenvalue weighted by molar-refractivity contribution is 0.578. The van der Waals surface area contributed by atoms with E-state index in [1.54, 1.807) is 0 Å². The van der Waals surface area contributed by atoms with Crippen molar-refractivity contribution < 1.29 is 0 Å². The Labute approximate surface area is 171 Å². The maximum atomic E-state index is 3.73. The third-order valence-electron chi connectivity index (χ3n) is 6.06. The summed E-state index contributed by atoms with van der Waals surface area (Å²) in [6.07, 6.45) is 0. The maximum Gasteiger partial charge on any atom is 0.0491 e. The van der Waals surface area contributed by atoms with Gasteiger partial charge in [-0.05, 0) is 53.9 Å². The molecule has 2 heteroatoms. The highest BCUT2D eigenvalue weighted by Crippen LogP contribution is 2.30. The van der Waals surface area contributed by atoms with Crippen LogP contribution in [0.2, 0.25) is 0 Å². The van der Waals surface area contributed by atoms with Gasteiger partial charge in [-0.15, -0.1) is 0 Å². The van der Waals surface area contributed by atoms with Crippen molar-refractivity contribution in [2.24, 2.45) is 0 Å². The molecule has 0 saturated heterocycles. The van der Waals surface area contributed by atoms with Gasteiger partial charge in [0.25, 0.3) is 0 Å². The molecular weight excluding hydrogens is 352 g/mol. The van der Waals surface area contributed by atoms with E-state index in [-0.39, 0.29) is 6.04 Å². The highest BCUT2D eigenvalue weighted by molar-refractivity contribution is 6.08. The fraction of sp³-hybridized carbons (Fsp3) is 0.185. The van der Waals surface area contributed by atoms with Crippen molar-refractivity contribution in [3.8, 4) is 0 Å². The number of para-hydroxylation sites is 1. The quantitative estimate of drug-likeness (QED) is 0.355. The molecule has 5 rings (SSSR count). The highest BCUT2D eigenvalue weighted by atomic mass is 15.0. The maximum absolute atomic E-state index is 3.73. The Hall–Kier alpha value is -3.10. The third kappa shape index (κ3) is 3.10. The van der Waals surface area contributed by atoms with Gasteiger partial charge in [-0.2, -0.15) is 0 Å². The minimum atomic E-state index is 0.286. The van der Waals surface area contributed by atoms with Gasteiger partial charge in [0, 0.05) is 40.9 Å². The van der Waals surface area contributed by atoms with E-state index in [4.69, 9.17) is 0 Å². The van der Waals surface area contributed by atoms with Crippen LogP contribution in [-0.4, -0.2) is 4.57 Å². The SMILES string of the molecule is CCn1c2ccccc2c2cc(CN[C@H](C)c3cccc4ccccc34)ccc21. The van der Waals surface area contributed by atoms with Crippen LogP contribution in [0.3, 0.4) is 0 Å². The number of fused-ring (bicyclic) bond motifs is 4. The first-order chi connectivity index (χ1) is 14.3. The Balaban J connectivity index is 1.45. The van der Waals surface area contributed by atoms with Crippen LogP contribution in [0.15, 0.2) is 84.9 Å². The van der Waals surface area contributed by atoms with Crippen molar-refractivity contribution in [1.82, 2.24) is 9.88 Å². The average molecular weight is 379 g/mol. The highest BCUT2D eigenvalue weighted by Gasteiger charge is 2.11. The van der Waals surface area contributed by atoms with Crippen molar-refractivity contribution in [3.63, 3.8) is 0 Å². The monoisotopic (exact) mass is 378 g/mol. The zero-order valence-electron chi connectivity index (χ0n) is 17.0. The second-order valence-corrected chi connectivity index (χ2v) is 7.78. The predicted octanol–water partition coefficient (Wildman–Crippen LogP) is 6.82. The number of aryl methyl sites for hydroxylation is 1. The van der Waals surface area contributed by atoms with Crippen LogP contribution in [0.4, 0.5) is 0 Å². The minimum Gasteiger partial charge on any atom is -0.341 e.